The van der Waals surface area contributed by atoms with E-state index in [9.17, 15) is 4.57 Å². The van der Waals surface area contributed by atoms with Gasteiger partial charge in [-0.2, -0.15) is 0 Å². The quantitative estimate of drug-likeness (QED) is 0.101. The summed E-state index contributed by atoms with van der Waals surface area (Å²) in [7, 11) is -3.07. The molecule has 1 heterocycles. The van der Waals surface area contributed by atoms with Gasteiger partial charge in [-0.15, -0.1) is 0 Å². The maximum absolute atomic E-state index is 12.3. The number of rotatable bonds is 21. The molecule has 0 saturated carbocycles. The zero-order valence-electron chi connectivity index (χ0n) is 21.5. The van der Waals surface area contributed by atoms with Crippen LogP contribution in [0.4, 0.5) is 0 Å². The summed E-state index contributed by atoms with van der Waals surface area (Å²) in [6, 6.07) is 0. The van der Waals surface area contributed by atoms with Gasteiger partial charge in [-0.05, 0) is 51.6 Å². The van der Waals surface area contributed by atoms with Crippen LogP contribution in [0.25, 0.3) is 0 Å². The summed E-state index contributed by atoms with van der Waals surface area (Å²) in [6.45, 7) is 9.99. The average molecular weight is 473 g/mol. The van der Waals surface area contributed by atoms with E-state index < -0.39 is 7.75 Å². The summed E-state index contributed by atoms with van der Waals surface area (Å²) in [6.07, 6.45) is 24.6. The highest BCUT2D eigenvalue weighted by atomic mass is 31.2. The topological polar surface area (TPSA) is 59.6 Å². The van der Waals surface area contributed by atoms with E-state index in [1.54, 1.807) is 0 Å². The second kappa shape index (κ2) is 19.2. The van der Waals surface area contributed by atoms with Crippen molar-refractivity contribution in [2.75, 3.05) is 32.8 Å². The molecule has 0 aromatic carbocycles. The molecule has 5 nitrogen and oxygen atoms in total. The standard InChI is InChI=1S/C26H53N2O3P/c1-4-5-6-7-8-9-10-11-12-13-14-15-16-17-18-19-21-27-22-20-23-28-32(29)30-24-26(2,3)25-31-32/h11-12,27H,4-10,13-25H2,1-3H3,(H,28,29). The van der Waals surface area contributed by atoms with Crippen LogP contribution >= 0.6 is 7.75 Å². The fourth-order valence-electron chi connectivity index (χ4n) is 3.74. The highest BCUT2D eigenvalue weighted by Crippen LogP contribution is 2.49. The van der Waals surface area contributed by atoms with Crippen LogP contribution in [-0.4, -0.2) is 32.8 Å². The van der Waals surface area contributed by atoms with Crippen LogP contribution in [-0.2, 0) is 13.6 Å². The fraction of sp³-hybridized carbons (Fsp3) is 0.923. The van der Waals surface area contributed by atoms with Gasteiger partial charge in [-0.3, -0.25) is 9.05 Å². The molecule has 0 unspecified atom stereocenters. The van der Waals surface area contributed by atoms with Crippen LogP contribution in [0.15, 0.2) is 12.2 Å². The second-order valence-corrected chi connectivity index (χ2v) is 12.0. The highest BCUT2D eigenvalue weighted by molar-refractivity contribution is 7.51. The molecule has 1 aliphatic rings. The molecule has 6 heteroatoms. The molecule has 0 spiro atoms. The van der Waals surface area contributed by atoms with Gasteiger partial charge in [0, 0.05) is 12.0 Å². The Labute approximate surface area is 199 Å². The zero-order valence-corrected chi connectivity index (χ0v) is 22.4. The monoisotopic (exact) mass is 472 g/mol. The predicted molar refractivity (Wildman–Crippen MR) is 138 cm³/mol. The van der Waals surface area contributed by atoms with Crippen LogP contribution in [0, 0.1) is 5.41 Å². The first kappa shape index (κ1) is 29.8. The summed E-state index contributed by atoms with van der Waals surface area (Å²) in [5.74, 6) is 0. The van der Waals surface area contributed by atoms with Crippen LogP contribution in [0.2, 0.25) is 0 Å². The lowest BCUT2D eigenvalue weighted by Crippen LogP contribution is -2.33. The van der Waals surface area contributed by atoms with E-state index in [4.69, 9.17) is 9.05 Å². The van der Waals surface area contributed by atoms with Gasteiger partial charge in [0.25, 0.3) is 0 Å². The summed E-state index contributed by atoms with van der Waals surface area (Å²) in [4.78, 5) is 0. The molecule has 0 atom stereocenters. The maximum atomic E-state index is 12.3. The molecule has 190 valence electrons. The minimum atomic E-state index is -3.07. The molecule has 0 aromatic heterocycles. The lowest BCUT2D eigenvalue weighted by molar-refractivity contribution is 0.0372. The molecular weight excluding hydrogens is 419 g/mol. The van der Waals surface area contributed by atoms with Gasteiger partial charge in [-0.25, -0.2) is 9.65 Å². The van der Waals surface area contributed by atoms with Crippen LogP contribution in [0.3, 0.4) is 0 Å². The van der Waals surface area contributed by atoms with Crippen molar-refractivity contribution in [3.05, 3.63) is 12.2 Å². The molecule has 1 rings (SSSR count). The van der Waals surface area contributed by atoms with Crippen molar-refractivity contribution in [3.63, 3.8) is 0 Å². The third-order valence-corrected chi connectivity index (χ3v) is 7.50. The summed E-state index contributed by atoms with van der Waals surface area (Å²) >= 11 is 0. The van der Waals surface area contributed by atoms with E-state index in [-0.39, 0.29) is 5.41 Å². The van der Waals surface area contributed by atoms with Gasteiger partial charge >= 0.3 is 7.75 Å². The number of nitrogens with one attached hydrogen (secondary N) is 2. The predicted octanol–water partition coefficient (Wildman–Crippen LogP) is 7.77. The number of unbranched alkanes of at least 4 members (excludes halogenated alkanes) is 12. The molecule has 0 radical (unpaired) electrons. The average Bonchev–Trinajstić information content (AvgIpc) is 2.77. The van der Waals surface area contributed by atoms with Crippen LogP contribution in [0.5, 0.6) is 0 Å². The van der Waals surface area contributed by atoms with Gasteiger partial charge in [0.15, 0.2) is 0 Å². The van der Waals surface area contributed by atoms with E-state index in [0.717, 1.165) is 19.5 Å². The summed E-state index contributed by atoms with van der Waals surface area (Å²) in [5, 5.41) is 6.44. The van der Waals surface area contributed by atoms with Gasteiger partial charge in [0.05, 0.1) is 13.2 Å². The lowest BCUT2D eigenvalue weighted by atomic mass is 9.97. The molecule has 0 bridgehead atoms. The van der Waals surface area contributed by atoms with E-state index in [1.807, 2.05) is 0 Å². The normalized spacial score (nSPS) is 17.8. The molecule has 1 aliphatic heterocycles. The molecule has 0 aliphatic carbocycles. The first-order valence-corrected chi connectivity index (χ1v) is 15.0. The van der Waals surface area contributed by atoms with E-state index in [2.05, 4.69) is 43.3 Å². The van der Waals surface area contributed by atoms with E-state index >= 15 is 0 Å². The summed E-state index contributed by atoms with van der Waals surface area (Å²) in [5.41, 5.74) is -0.0544. The van der Waals surface area contributed by atoms with E-state index in [1.165, 1.54) is 89.9 Å². The first-order valence-electron chi connectivity index (χ1n) is 13.5. The SMILES string of the molecule is CCCCCCCCC=CCCCCCCCCNCCCNP1(=O)OCC(C)(C)CO1. The Kier molecular flexibility index (Phi) is 17.9. The number of hydrogen-bond acceptors (Lipinski definition) is 4. The Hall–Kier alpha value is -0.190. The second-order valence-electron chi connectivity index (χ2n) is 10.2. The largest absolute Gasteiger partial charge is 0.405 e. The van der Waals surface area contributed by atoms with Crippen molar-refractivity contribution in [2.45, 2.75) is 117 Å². The number of hydrogen-bond donors (Lipinski definition) is 2. The number of allylic oxidation sites excluding steroid dienone is 2. The summed E-state index contributed by atoms with van der Waals surface area (Å²) < 4.78 is 23.2. The van der Waals surface area contributed by atoms with Crippen molar-refractivity contribution in [1.82, 2.24) is 10.4 Å². The van der Waals surface area contributed by atoms with Crippen molar-refractivity contribution in [2.24, 2.45) is 5.41 Å². The Bertz CT molecular complexity index is 497. The smallest absolute Gasteiger partial charge is 0.317 e. The minimum absolute atomic E-state index is 0.0544. The molecule has 32 heavy (non-hydrogen) atoms. The maximum Gasteiger partial charge on any atom is 0.405 e. The molecule has 2 N–H and O–H groups in total. The molecular formula is C26H53N2O3P. The fourth-order valence-corrected chi connectivity index (χ4v) is 5.47. The van der Waals surface area contributed by atoms with Gasteiger partial charge in [0.2, 0.25) is 0 Å². The first-order chi connectivity index (χ1) is 15.5. The van der Waals surface area contributed by atoms with Crippen molar-refractivity contribution in [3.8, 4) is 0 Å². The molecule has 1 saturated heterocycles. The molecule has 1 fully saturated rings. The Morgan fingerprint density at radius 2 is 1.22 bits per heavy atom. The third-order valence-electron chi connectivity index (χ3n) is 5.95. The molecule has 0 aromatic rings. The Morgan fingerprint density at radius 1 is 0.719 bits per heavy atom. The van der Waals surface area contributed by atoms with Gasteiger partial charge in [-0.1, -0.05) is 90.7 Å². The van der Waals surface area contributed by atoms with Crippen LogP contribution in [0.1, 0.15) is 117 Å². The highest BCUT2D eigenvalue weighted by Gasteiger charge is 2.36. The molecule has 0 amide bonds. The van der Waals surface area contributed by atoms with Crippen LogP contribution < -0.4 is 10.4 Å². The van der Waals surface area contributed by atoms with Gasteiger partial charge in [0.1, 0.15) is 0 Å². The zero-order chi connectivity index (χ0) is 23.4. The van der Waals surface area contributed by atoms with Crippen molar-refractivity contribution in [1.29, 1.82) is 0 Å². The van der Waals surface area contributed by atoms with Gasteiger partial charge < -0.3 is 5.32 Å². The van der Waals surface area contributed by atoms with Crippen molar-refractivity contribution < 1.29 is 13.6 Å². The van der Waals surface area contributed by atoms with E-state index in [0.29, 0.717) is 19.8 Å². The third kappa shape index (κ3) is 17.3. The van der Waals surface area contributed by atoms with Crippen molar-refractivity contribution >= 4 is 7.75 Å². The minimum Gasteiger partial charge on any atom is -0.317 e. The Morgan fingerprint density at radius 3 is 1.81 bits per heavy atom. The lowest BCUT2D eigenvalue weighted by Gasteiger charge is -2.33. The Balaban J connectivity index is 1.76.